The highest BCUT2D eigenvalue weighted by atomic mass is 32.2. The molecule has 1 amide bonds. The van der Waals surface area contributed by atoms with Gasteiger partial charge in [0.15, 0.2) is 0 Å². The minimum atomic E-state index is -3.50. The summed E-state index contributed by atoms with van der Waals surface area (Å²) in [5, 5.41) is 2.10. The fourth-order valence-corrected chi connectivity index (χ4v) is 5.85. The molecule has 1 saturated carbocycles. The first-order chi connectivity index (χ1) is 16.5. The Morgan fingerprint density at radius 3 is 2.37 bits per heavy atom. The summed E-state index contributed by atoms with van der Waals surface area (Å²) in [6.45, 7) is 0.885. The number of nitrogens with one attached hydrogen (secondary N) is 2. The highest BCUT2D eigenvalue weighted by Crippen LogP contribution is 2.45. The smallest absolute Gasteiger partial charge is 0.388 e. The average molecular weight is 512 g/mol. The van der Waals surface area contributed by atoms with Gasteiger partial charge in [0.25, 0.3) is 0 Å². The van der Waals surface area contributed by atoms with E-state index in [4.69, 9.17) is 4.74 Å². The minimum Gasteiger partial charge on any atom is -0.481 e. The topological polar surface area (TPSA) is 107 Å². The number of benzene rings is 1. The fraction of sp³-hybridized carbons (Fsp3) is 0.500. The molecule has 192 valence electrons. The van der Waals surface area contributed by atoms with Crippen molar-refractivity contribution in [3.63, 3.8) is 0 Å². The first-order valence-corrected chi connectivity index (χ1v) is 12.9. The molecular formula is C24H31F2N3O5S. The molecule has 0 aliphatic heterocycles. The maximum atomic E-state index is 13.9. The Kier molecular flexibility index (Phi) is 8.32. The van der Waals surface area contributed by atoms with Crippen molar-refractivity contribution in [1.82, 2.24) is 9.71 Å². The molecule has 1 aliphatic carbocycles. The summed E-state index contributed by atoms with van der Waals surface area (Å²) in [6.07, 6.45) is 1.07. The molecule has 1 aromatic carbocycles. The van der Waals surface area contributed by atoms with Crippen LogP contribution in [0.1, 0.15) is 56.6 Å². The number of carbonyl (C=O) groups is 1. The van der Waals surface area contributed by atoms with Gasteiger partial charge in [-0.1, -0.05) is 38.1 Å². The number of rotatable bonds is 9. The molecule has 35 heavy (non-hydrogen) atoms. The lowest BCUT2D eigenvalue weighted by atomic mass is 9.66. The van der Waals surface area contributed by atoms with Crippen LogP contribution < -0.4 is 19.5 Å². The number of halogens is 2. The van der Waals surface area contributed by atoms with Gasteiger partial charge in [0.05, 0.1) is 17.8 Å². The van der Waals surface area contributed by atoms with Gasteiger partial charge >= 0.3 is 6.61 Å². The molecule has 0 saturated heterocycles. The first-order valence-electron chi connectivity index (χ1n) is 11.4. The summed E-state index contributed by atoms with van der Waals surface area (Å²) < 4.78 is 62.8. The highest BCUT2D eigenvalue weighted by Gasteiger charge is 2.47. The minimum absolute atomic E-state index is 0.0255. The number of aromatic nitrogens is 1. The van der Waals surface area contributed by atoms with Gasteiger partial charge in [-0.2, -0.15) is 13.8 Å². The molecule has 3 rings (SSSR count). The monoisotopic (exact) mass is 511 g/mol. The molecule has 2 N–H and O–H groups in total. The van der Waals surface area contributed by atoms with Gasteiger partial charge in [0.1, 0.15) is 5.69 Å². The fourth-order valence-electron chi connectivity index (χ4n) is 4.66. The van der Waals surface area contributed by atoms with Crippen molar-refractivity contribution in [2.24, 2.45) is 0 Å². The summed E-state index contributed by atoms with van der Waals surface area (Å²) in [5.74, 6) is -0.741. The molecule has 0 radical (unpaired) electrons. The van der Waals surface area contributed by atoms with E-state index in [1.54, 1.807) is 0 Å². The number of anilines is 1. The summed E-state index contributed by atoms with van der Waals surface area (Å²) in [6, 6.07) is 10.4. The second-order valence-corrected chi connectivity index (χ2v) is 11.0. The van der Waals surface area contributed by atoms with Gasteiger partial charge in [-0.25, -0.2) is 13.1 Å². The number of amides is 1. The SMILES string of the molecule is CNS(=O)(=O)C1CCC(C(=O)Nc2ccc(OC)nc2OC(F)F)(c2ccccc2C(C)C)CC1. The van der Waals surface area contributed by atoms with Crippen LogP contribution in [0, 0.1) is 0 Å². The van der Waals surface area contributed by atoms with E-state index in [0.29, 0.717) is 0 Å². The van der Waals surface area contributed by atoms with Crippen molar-refractivity contribution in [3.8, 4) is 11.8 Å². The molecule has 1 heterocycles. The zero-order valence-electron chi connectivity index (χ0n) is 20.2. The summed E-state index contributed by atoms with van der Waals surface area (Å²) in [4.78, 5) is 17.8. The molecule has 0 unspecified atom stereocenters. The Balaban J connectivity index is 2.04. The van der Waals surface area contributed by atoms with E-state index in [2.05, 4.69) is 19.8 Å². The number of nitrogens with zero attached hydrogens (tertiary/aromatic N) is 1. The van der Waals surface area contributed by atoms with Crippen LogP contribution in [0.2, 0.25) is 0 Å². The lowest BCUT2D eigenvalue weighted by Crippen LogP contribution is -2.47. The van der Waals surface area contributed by atoms with Gasteiger partial charge < -0.3 is 14.8 Å². The largest absolute Gasteiger partial charge is 0.481 e. The molecule has 11 heteroatoms. The Morgan fingerprint density at radius 1 is 1.14 bits per heavy atom. The van der Waals surface area contributed by atoms with E-state index in [1.807, 2.05) is 38.1 Å². The van der Waals surface area contributed by atoms with Crippen LogP contribution in [0.25, 0.3) is 0 Å². The molecule has 1 fully saturated rings. The summed E-state index contributed by atoms with van der Waals surface area (Å²) in [5.41, 5.74) is 0.672. The Morgan fingerprint density at radius 2 is 1.80 bits per heavy atom. The molecule has 0 spiro atoms. The normalized spacial score (nSPS) is 20.6. The Hall–Kier alpha value is -2.79. The maximum Gasteiger partial charge on any atom is 0.388 e. The van der Waals surface area contributed by atoms with Crippen LogP contribution in [0.3, 0.4) is 0 Å². The van der Waals surface area contributed by atoms with Gasteiger partial charge in [-0.05, 0) is 55.8 Å². The Bertz CT molecular complexity index is 1150. The third-order valence-corrected chi connectivity index (χ3v) is 8.45. The molecule has 2 aromatic rings. The van der Waals surface area contributed by atoms with E-state index in [1.165, 1.54) is 26.3 Å². The van der Waals surface area contributed by atoms with Crippen LogP contribution in [0.15, 0.2) is 36.4 Å². The quantitative estimate of drug-likeness (QED) is 0.523. The van der Waals surface area contributed by atoms with E-state index in [-0.39, 0.29) is 43.2 Å². The van der Waals surface area contributed by atoms with Gasteiger partial charge in [0, 0.05) is 6.07 Å². The summed E-state index contributed by atoms with van der Waals surface area (Å²) >= 11 is 0. The molecule has 8 nitrogen and oxygen atoms in total. The van der Waals surface area contributed by atoms with Crippen molar-refractivity contribution in [2.45, 2.75) is 62.7 Å². The third-order valence-electron chi connectivity index (χ3n) is 6.54. The number of hydrogen-bond acceptors (Lipinski definition) is 6. The number of carbonyl (C=O) groups excluding carboxylic acids is 1. The maximum absolute atomic E-state index is 13.9. The molecule has 0 bridgehead atoms. The number of hydrogen-bond donors (Lipinski definition) is 2. The number of methoxy groups -OCH3 is 1. The lowest BCUT2D eigenvalue weighted by molar-refractivity contribution is -0.122. The van der Waals surface area contributed by atoms with Crippen molar-refractivity contribution >= 4 is 21.6 Å². The van der Waals surface area contributed by atoms with E-state index >= 15 is 0 Å². The molecule has 1 aliphatic rings. The van der Waals surface area contributed by atoms with Gasteiger partial charge in [0.2, 0.25) is 27.7 Å². The van der Waals surface area contributed by atoms with E-state index in [9.17, 15) is 22.0 Å². The number of sulfonamides is 1. The number of alkyl halides is 2. The molecular weight excluding hydrogens is 480 g/mol. The first kappa shape index (κ1) is 26.8. The van der Waals surface area contributed by atoms with Crippen LogP contribution in [0.4, 0.5) is 14.5 Å². The van der Waals surface area contributed by atoms with Crippen LogP contribution in [0.5, 0.6) is 11.8 Å². The number of pyridine rings is 1. The lowest BCUT2D eigenvalue weighted by Gasteiger charge is -2.40. The zero-order chi connectivity index (χ0) is 25.8. The van der Waals surface area contributed by atoms with Crippen molar-refractivity contribution in [2.75, 3.05) is 19.5 Å². The predicted octanol–water partition coefficient (Wildman–Crippen LogP) is 4.18. The van der Waals surface area contributed by atoms with Crippen molar-refractivity contribution in [1.29, 1.82) is 0 Å². The summed E-state index contributed by atoms with van der Waals surface area (Å²) in [7, 11) is -0.792. The van der Waals surface area contributed by atoms with Gasteiger partial charge in [-0.15, -0.1) is 0 Å². The van der Waals surface area contributed by atoms with E-state index < -0.39 is 39.1 Å². The predicted molar refractivity (Wildman–Crippen MR) is 128 cm³/mol. The average Bonchev–Trinajstić information content (AvgIpc) is 2.84. The number of ether oxygens (including phenoxy) is 2. The second-order valence-electron chi connectivity index (χ2n) is 8.81. The van der Waals surface area contributed by atoms with Crippen molar-refractivity contribution < 1.29 is 31.5 Å². The third kappa shape index (κ3) is 5.72. The standard InChI is InChI=1S/C24H31F2N3O5S/c1-15(2)17-7-5-6-8-18(17)24(13-11-16(12-14-24)35(31,32)27-3)22(30)28-19-9-10-20(33-4)29-21(19)34-23(25)26/h5-10,15-16,23,27H,11-14H2,1-4H3,(H,28,30). The Labute approximate surface area is 204 Å². The van der Waals surface area contributed by atoms with Crippen LogP contribution in [-0.4, -0.2) is 45.3 Å². The van der Waals surface area contributed by atoms with Crippen LogP contribution >= 0.6 is 0 Å². The zero-order valence-corrected chi connectivity index (χ0v) is 21.0. The van der Waals surface area contributed by atoms with E-state index in [0.717, 1.165) is 11.1 Å². The highest BCUT2D eigenvalue weighted by molar-refractivity contribution is 7.90. The van der Waals surface area contributed by atoms with Crippen LogP contribution in [-0.2, 0) is 20.2 Å². The van der Waals surface area contributed by atoms with Gasteiger partial charge in [-0.3, -0.25) is 4.79 Å². The van der Waals surface area contributed by atoms with Crippen molar-refractivity contribution in [3.05, 3.63) is 47.5 Å². The molecule has 1 aromatic heterocycles. The molecule has 0 atom stereocenters. The second kappa shape index (κ2) is 10.9.